The number of carbonyl (C=O) groups is 1. The van der Waals surface area contributed by atoms with Gasteiger partial charge in [-0.1, -0.05) is 18.2 Å². The number of hydrogen-bond donors (Lipinski definition) is 2. The Morgan fingerprint density at radius 2 is 2.14 bits per heavy atom. The summed E-state index contributed by atoms with van der Waals surface area (Å²) in [7, 11) is 0. The zero-order chi connectivity index (χ0) is 14.7. The van der Waals surface area contributed by atoms with Gasteiger partial charge in [-0.3, -0.25) is 4.79 Å². The molecule has 5 nitrogen and oxygen atoms in total. The standard InChI is InChI=1S/C16H19N3O2/c1-11-14(7-15(20)18-10-12-8-17-9-12)19-16(21-11)13-5-3-2-4-6-13/h2-6,12,17H,7-10H2,1H3,(H,18,20). The quantitative estimate of drug-likeness (QED) is 0.874. The van der Waals surface area contributed by atoms with Crippen molar-refractivity contribution in [3.8, 4) is 11.5 Å². The Bertz CT molecular complexity index is 618. The summed E-state index contributed by atoms with van der Waals surface area (Å²) < 4.78 is 5.66. The Morgan fingerprint density at radius 3 is 2.81 bits per heavy atom. The van der Waals surface area contributed by atoms with Crippen LogP contribution in [0.25, 0.3) is 11.5 Å². The molecule has 1 saturated heterocycles. The molecule has 2 heterocycles. The van der Waals surface area contributed by atoms with Gasteiger partial charge in [0, 0.05) is 31.1 Å². The predicted molar refractivity (Wildman–Crippen MR) is 79.7 cm³/mol. The number of rotatable bonds is 5. The smallest absolute Gasteiger partial charge is 0.226 e. The van der Waals surface area contributed by atoms with Gasteiger partial charge in [0.05, 0.1) is 12.1 Å². The molecule has 1 aromatic carbocycles. The highest BCUT2D eigenvalue weighted by molar-refractivity contribution is 5.78. The van der Waals surface area contributed by atoms with Gasteiger partial charge in [0.1, 0.15) is 5.76 Å². The summed E-state index contributed by atoms with van der Waals surface area (Å²) in [5.74, 6) is 1.83. The monoisotopic (exact) mass is 285 g/mol. The maximum absolute atomic E-state index is 11.9. The number of benzene rings is 1. The molecule has 2 N–H and O–H groups in total. The first-order valence-electron chi connectivity index (χ1n) is 7.21. The number of hydrogen-bond acceptors (Lipinski definition) is 4. The van der Waals surface area contributed by atoms with E-state index in [4.69, 9.17) is 4.42 Å². The summed E-state index contributed by atoms with van der Waals surface area (Å²) in [6, 6.07) is 9.71. The molecule has 1 aliphatic heterocycles. The molecule has 3 rings (SSSR count). The van der Waals surface area contributed by atoms with Crippen molar-refractivity contribution in [2.75, 3.05) is 19.6 Å². The highest BCUT2D eigenvalue weighted by Gasteiger charge is 2.19. The van der Waals surface area contributed by atoms with Crippen LogP contribution in [0, 0.1) is 12.8 Å². The van der Waals surface area contributed by atoms with Gasteiger partial charge in [-0.05, 0) is 19.1 Å². The minimum absolute atomic E-state index is 0.00193. The van der Waals surface area contributed by atoms with Crippen LogP contribution in [-0.2, 0) is 11.2 Å². The van der Waals surface area contributed by atoms with Crippen LogP contribution >= 0.6 is 0 Å². The van der Waals surface area contributed by atoms with Crippen LogP contribution < -0.4 is 10.6 Å². The Labute approximate surface area is 123 Å². The molecule has 1 amide bonds. The Kier molecular flexibility index (Phi) is 4.01. The summed E-state index contributed by atoms with van der Waals surface area (Å²) >= 11 is 0. The van der Waals surface area contributed by atoms with Crippen LogP contribution in [0.2, 0.25) is 0 Å². The molecule has 5 heteroatoms. The van der Waals surface area contributed by atoms with E-state index in [1.54, 1.807) is 0 Å². The van der Waals surface area contributed by atoms with Gasteiger partial charge in [-0.25, -0.2) is 4.98 Å². The number of nitrogens with one attached hydrogen (secondary N) is 2. The van der Waals surface area contributed by atoms with Crippen molar-refractivity contribution in [1.29, 1.82) is 0 Å². The zero-order valence-electron chi connectivity index (χ0n) is 12.1. The van der Waals surface area contributed by atoms with Crippen molar-refractivity contribution < 1.29 is 9.21 Å². The lowest BCUT2D eigenvalue weighted by molar-refractivity contribution is -0.120. The average molecular weight is 285 g/mol. The van der Waals surface area contributed by atoms with Gasteiger partial charge in [-0.15, -0.1) is 0 Å². The molecule has 0 saturated carbocycles. The van der Waals surface area contributed by atoms with Crippen molar-refractivity contribution >= 4 is 5.91 Å². The molecule has 2 aromatic rings. The molecule has 0 radical (unpaired) electrons. The molecular weight excluding hydrogens is 266 g/mol. The van der Waals surface area contributed by atoms with E-state index in [9.17, 15) is 4.79 Å². The Balaban J connectivity index is 1.62. The molecule has 1 aromatic heterocycles. The molecule has 0 bridgehead atoms. The molecule has 110 valence electrons. The van der Waals surface area contributed by atoms with Crippen LogP contribution in [0.1, 0.15) is 11.5 Å². The number of amides is 1. The van der Waals surface area contributed by atoms with Gasteiger partial charge in [0.15, 0.2) is 0 Å². The normalized spacial score (nSPS) is 14.7. The molecular formula is C16H19N3O2. The molecule has 0 aliphatic carbocycles. The van der Waals surface area contributed by atoms with Crippen molar-refractivity contribution in [2.24, 2.45) is 5.92 Å². The number of aryl methyl sites for hydroxylation is 1. The van der Waals surface area contributed by atoms with Gasteiger partial charge in [0.2, 0.25) is 11.8 Å². The molecule has 0 atom stereocenters. The van der Waals surface area contributed by atoms with Gasteiger partial charge >= 0.3 is 0 Å². The highest BCUT2D eigenvalue weighted by Crippen LogP contribution is 2.21. The van der Waals surface area contributed by atoms with E-state index in [0.717, 1.165) is 25.2 Å². The van der Waals surface area contributed by atoms with Gasteiger partial charge < -0.3 is 15.1 Å². The predicted octanol–water partition coefficient (Wildman–Crippen LogP) is 1.53. The Morgan fingerprint density at radius 1 is 1.38 bits per heavy atom. The molecule has 1 aliphatic rings. The van der Waals surface area contributed by atoms with Gasteiger partial charge in [-0.2, -0.15) is 0 Å². The molecule has 0 spiro atoms. The molecule has 0 unspecified atom stereocenters. The van der Waals surface area contributed by atoms with Crippen LogP contribution in [0.5, 0.6) is 0 Å². The minimum atomic E-state index is -0.00193. The topological polar surface area (TPSA) is 67.2 Å². The van der Waals surface area contributed by atoms with Crippen molar-refractivity contribution in [1.82, 2.24) is 15.6 Å². The fourth-order valence-electron chi connectivity index (χ4n) is 2.26. The second-order valence-electron chi connectivity index (χ2n) is 5.39. The second kappa shape index (κ2) is 6.10. The second-order valence-corrected chi connectivity index (χ2v) is 5.39. The van der Waals surface area contributed by atoms with E-state index in [0.29, 0.717) is 23.3 Å². The lowest BCUT2D eigenvalue weighted by Crippen LogP contribution is -2.48. The van der Waals surface area contributed by atoms with Crippen LogP contribution in [-0.4, -0.2) is 30.5 Å². The summed E-state index contributed by atoms with van der Waals surface area (Å²) in [4.78, 5) is 16.4. The largest absolute Gasteiger partial charge is 0.441 e. The first-order valence-corrected chi connectivity index (χ1v) is 7.21. The summed E-state index contributed by atoms with van der Waals surface area (Å²) in [6.07, 6.45) is 0.266. The van der Waals surface area contributed by atoms with E-state index in [2.05, 4.69) is 15.6 Å². The van der Waals surface area contributed by atoms with E-state index in [-0.39, 0.29) is 12.3 Å². The lowest BCUT2D eigenvalue weighted by Gasteiger charge is -2.26. The zero-order valence-corrected chi connectivity index (χ0v) is 12.1. The minimum Gasteiger partial charge on any atom is -0.441 e. The van der Waals surface area contributed by atoms with Crippen molar-refractivity contribution in [2.45, 2.75) is 13.3 Å². The average Bonchev–Trinajstić information content (AvgIpc) is 2.79. The third kappa shape index (κ3) is 3.31. The van der Waals surface area contributed by atoms with Crippen molar-refractivity contribution in [3.63, 3.8) is 0 Å². The Hall–Kier alpha value is -2.14. The maximum Gasteiger partial charge on any atom is 0.226 e. The fraction of sp³-hybridized carbons (Fsp3) is 0.375. The number of carbonyl (C=O) groups excluding carboxylic acids is 1. The summed E-state index contributed by atoms with van der Waals surface area (Å²) in [6.45, 7) is 4.55. The van der Waals surface area contributed by atoms with E-state index in [1.807, 2.05) is 37.3 Å². The highest BCUT2D eigenvalue weighted by atomic mass is 16.4. The molecule has 1 fully saturated rings. The van der Waals surface area contributed by atoms with E-state index < -0.39 is 0 Å². The van der Waals surface area contributed by atoms with Crippen LogP contribution in [0.4, 0.5) is 0 Å². The number of aromatic nitrogens is 1. The summed E-state index contributed by atoms with van der Waals surface area (Å²) in [5, 5.41) is 6.14. The number of nitrogens with zero attached hydrogens (tertiary/aromatic N) is 1. The van der Waals surface area contributed by atoms with Crippen LogP contribution in [0.3, 0.4) is 0 Å². The third-order valence-corrected chi connectivity index (χ3v) is 3.70. The van der Waals surface area contributed by atoms with E-state index >= 15 is 0 Å². The molecule has 21 heavy (non-hydrogen) atoms. The number of oxazole rings is 1. The SMILES string of the molecule is Cc1oc(-c2ccccc2)nc1CC(=O)NCC1CNC1. The first-order chi connectivity index (χ1) is 10.2. The fourth-order valence-corrected chi connectivity index (χ4v) is 2.26. The van der Waals surface area contributed by atoms with Gasteiger partial charge in [0.25, 0.3) is 0 Å². The van der Waals surface area contributed by atoms with Crippen molar-refractivity contribution in [3.05, 3.63) is 41.8 Å². The van der Waals surface area contributed by atoms with E-state index in [1.165, 1.54) is 0 Å². The maximum atomic E-state index is 11.9. The first kappa shape index (κ1) is 13.8. The summed E-state index contributed by atoms with van der Waals surface area (Å²) in [5.41, 5.74) is 1.63. The van der Waals surface area contributed by atoms with Crippen LogP contribution in [0.15, 0.2) is 34.7 Å². The lowest BCUT2D eigenvalue weighted by atomic mass is 10.0. The third-order valence-electron chi connectivity index (χ3n) is 3.70.